The maximum atomic E-state index is 14.5. The Kier molecular flexibility index (Phi) is 12.4. The largest absolute Gasteiger partial charge is 0.389 e. The van der Waals surface area contributed by atoms with Crippen molar-refractivity contribution >= 4 is 29.5 Å². The fraction of sp³-hybridized carbons (Fsp3) is 0.667. The second-order valence-electron chi connectivity index (χ2n) is 14.1. The highest BCUT2D eigenvalue weighted by molar-refractivity contribution is 6.37. The lowest BCUT2D eigenvalue weighted by atomic mass is 9.87. The minimum absolute atomic E-state index is 0.0309. The first-order valence-corrected chi connectivity index (χ1v) is 16.0. The molecule has 1 fully saturated rings. The maximum absolute atomic E-state index is 14.5. The zero-order valence-electron chi connectivity index (χ0n) is 27.9. The fourth-order valence-corrected chi connectivity index (χ4v) is 6.26. The molecule has 262 valence electrons. The molecule has 47 heavy (non-hydrogen) atoms. The van der Waals surface area contributed by atoms with E-state index in [1.54, 1.807) is 0 Å². The van der Waals surface area contributed by atoms with Crippen LogP contribution in [0.1, 0.15) is 65.0 Å². The van der Waals surface area contributed by atoms with Gasteiger partial charge < -0.3 is 31.3 Å². The molecule has 3 unspecified atom stereocenters. The number of amides is 5. The number of hydrogen-bond donors (Lipinski definition) is 4. The predicted octanol–water partition coefficient (Wildman–Crippen LogP) is 2.89. The third kappa shape index (κ3) is 10.2. The molecule has 14 heteroatoms. The molecule has 0 radical (unpaired) electrons. The molecule has 11 nitrogen and oxygen atoms in total. The summed E-state index contributed by atoms with van der Waals surface area (Å²) in [7, 11) is 1.52. The molecule has 1 saturated heterocycles. The van der Waals surface area contributed by atoms with Crippen LogP contribution in [0.3, 0.4) is 0 Å². The summed E-state index contributed by atoms with van der Waals surface area (Å²) in [6, 6.07) is 2.71. The van der Waals surface area contributed by atoms with Gasteiger partial charge in [-0.1, -0.05) is 58.9 Å². The number of hydrogen-bond acceptors (Lipinski definition) is 6. The van der Waals surface area contributed by atoms with Crippen LogP contribution in [0.15, 0.2) is 24.3 Å². The van der Waals surface area contributed by atoms with Crippen LogP contribution < -0.4 is 21.7 Å². The number of carbonyl (C=O) groups excluding carboxylic acids is 5. The fourth-order valence-electron chi connectivity index (χ4n) is 6.26. The van der Waals surface area contributed by atoms with E-state index >= 15 is 0 Å². The lowest BCUT2D eigenvalue weighted by molar-refractivity contribution is -0.146. The van der Waals surface area contributed by atoms with Crippen LogP contribution in [0.25, 0.3) is 0 Å². The van der Waals surface area contributed by atoms with Crippen LogP contribution in [-0.4, -0.2) is 85.0 Å². The summed E-state index contributed by atoms with van der Waals surface area (Å²) in [5.74, 6) is -4.69. The monoisotopic (exact) mass is 667 g/mol. The number of ether oxygens (including phenoxy) is 1. The molecular formula is C33H48F3N5O6. The highest BCUT2D eigenvalue weighted by Crippen LogP contribution is 2.34. The van der Waals surface area contributed by atoms with Crippen molar-refractivity contribution in [2.75, 3.05) is 20.3 Å². The Balaban J connectivity index is 1.92. The lowest BCUT2D eigenvalue weighted by Gasteiger charge is -2.34. The second kappa shape index (κ2) is 15.5. The molecule has 0 bridgehead atoms. The molecule has 0 saturated carbocycles. The van der Waals surface area contributed by atoms with Gasteiger partial charge in [0.05, 0.1) is 18.7 Å². The van der Waals surface area contributed by atoms with Gasteiger partial charge in [-0.2, -0.15) is 13.2 Å². The number of primary amides is 1. The molecule has 5 N–H and O–H groups in total. The van der Waals surface area contributed by atoms with Gasteiger partial charge >= 0.3 is 12.2 Å². The average molecular weight is 668 g/mol. The van der Waals surface area contributed by atoms with Gasteiger partial charge in [-0.3, -0.25) is 19.2 Å². The normalized spacial score (nSPS) is 20.3. The molecule has 1 aromatic rings. The Morgan fingerprint density at radius 3 is 2.06 bits per heavy atom. The molecule has 2 aliphatic rings. The number of ketones is 1. The average Bonchev–Trinajstić information content (AvgIpc) is 3.61. The van der Waals surface area contributed by atoms with Gasteiger partial charge in [0.25, 0.3) is 5.91 Å². The minimum Gasteiger partial charge on any atom is -0.383 e. The Morgan fingerprint density at radius 1 is 0.979 bits per heavy atom. The van der Waals surface area contributed by atoms with Gasteiger partial charge in [0.2, 0.25) is 17.6 Å². The van der Waals surface area contributed by atoms with E-state index in [-0.39, 0.29) is 42.7 Å². The molecule has 1 heterocycles. The number of rotatable bonds is 13. The van der Waals surface area contributed by atoms with Gasteiger partial charge in [-0.25, -0.2) is 4.79 Å². The molecule has 1 aromatic carbocycles. The van der Waals surface area contributed by atoms with Crippen molar-refractivity contribution in [1.29, 1.82) is 0 Å². The van der Waals surface area contributed by atoms with Crippen LogP contribution in [0.5, 0.6) is 0 Å². The molecular weight excluding hydrogens is 619 g/mol. The Bertz CT molecular complexity index is 1290. The van der Waals surface area contributed by atoms with Gasteiger partial charge in [-0.15, -0.1) is 0 Å². The van der Waals surface area contributed by atoms with Crippen molar-refractivity contribution in [3.63, 3.8) is 0 Å². The number of methoxy groups -OCH3 is 1. The number of alkyl halides is 3. The number of urea groups is 1. The van der Waals surface area contributed by atoms with E-state index < -0.39 is 72.7 Å². The van der Waals surface area contributed by atoms with E-state index in [2.05, 4.69) is 16.0 Å². The third-order valence-electron chi connectivity index (χ3n) is 9.24. The number of nitrogens with two attached hydrogens (primary N) is 1. The molecule has 0 spiro atoms. The number of carbonyl (C=O) groups is 5. The first-order chi connectivity index (χ1) is 21.8. The van der Waals surface area contributed by atoms with Gasteiger partial charge in [0, 0.05) is 20.1 Å². The number of fused-ring (bicyclic) bond motifs is 1. The predicted molar refractivity (Wildman–Crippen MR) is 168 cm³/mol. The summed E-state index contributed by atoms with van der Waals surface area (Å²) < 4.78 is 44.3. The second-order valence-corrected chi connectivity index (χ2v) is 14.1. The minimum atomic E-state index is -4.65. The first kappa shape index (κ1) is 37.8. The topological polar surface area (TPSA) is 160 Å². The smallest absolute Gasteiger partial charge is 0.383 e. The van der Waals surface area contributed by atoms with E-state index in [1.807, 2.05) is 58.9 Å². The SMILES string of the molecule is COC[C@@H](NC(=O)NC(C(=O)N1C[C@H](C(C)C)CC1C(=O)NC(CCC(F)(F)F)C(=O)C(N)=O)C1Cc2ccccc2C1)C(C)(C)C. The summed E-state index contributed by atoms with van der Waals surface area (Å²) in [4.78, 5) is 67.0. The molecule has 1 aliphatic carbocycles. The Morgan fingerprint density at radius 2 is 1.57 bits per heavy atom. The zero-order chi connectivity index (χ0) is 35.3. The molecule has 3 rings (SSSR count). The summed E-state index contributed by atoms with van der Waals surface area (Å²) in [5, 5.41) is 8.07. The molecule has 5 atom stereocenters. The lowest BCUT2D eigenvalue weighted by Crippen LogP contribution is -2.60. The van der Waals surface area contributed by atoms with E-state index in [0.29, 0.717) is 12.8 Å². The van der Waals surface area contributed by atoms with Crippen molar-refractivity contribution < 1.29 is 41.9 Å². The number of nitrogens with zero attached hydrogens (tertiary/aromatic N) is 1. The summed E-state index contributed by atoms with van der Waals surface area (Å²) in [6.45, 7) is 10.1. The molecule has 0 aromatic heterocycles. The van der Waals surface area contributed by atoms with Gasteiger partial charge in [0.15, 0.2) is 0 Å². The van der Waals surface area contributed by atoms with E-state index in [1.165, 1.54) is 12.0 Å². The maximum Gasteiger partial charge on any atom is 0.389 e. The molecule has 1 aliphatic heterocycles. The standard InChI is InChI=1S/C33H48F3N5O6/c1-18(2)22-15-24(29(44)38-23(27(42)28(37)43)11-12-33(34,35)36)41(16-22)30(45)26(21-13-19-9-7-8-10-20(19)14-21)40-31(46)39-25(17-47-6)32(3,4)5/h7-10,18,21-26H,11-17H2,1-6H3,(H2,37,43)(H,38,44)(H2,39,40,46)/t22-,23?,24?,25-,26?/m1/s1. The van der Waals surface area contributed by atoms with Crippen molar-refractivity contribution in [3.8, 4) is 0 Å². The van der Waals surface area contributed by atoms with Crippen LogP contribution in [-0.2, 0) is 36.8 Å². The Labute approximate surface area is 273 Å². The van der Waals surface area contributed by atoms with Crippen molar-refractivity contribution in [2.45, 2.75) is 97.1 Å². The van der Waals surface area contributed by atoms with Gasteiger partial charge in [-0.05, 0) is 60.0 Å². The number of Topliss-reactive ketones (excluding diaryl/α,β-unsaturated/α-hetero) is 1. The zero-order valence-corrected chi connectivity index (χ0v) is 27.9. The van der Waals surface area contributed by atoms with Crippen molar-refractivity contribution in [1.82, 2.24) is 20.9 Å². The first-order valence-electron chi connectivity index (χ1n) is 16.0. The summed E-state index contributed by atoms with van der Waals surface area (Å²) in [5.41, 5.74) is 6.78. The van der Waals surface area contributed by atoms with Gasteiger partial charge in [0.1, 0.15) is 12.1 Å². The van der Waals surface area contributed by atoms with Crippen LogP contribution in [0.2, 0.25) is 0 Å². The number of likely N-dealkylation sites (tertiary alicyclic amines) is 1. The van der Waals surface area contributed by atoms with Crippen molar-refractivity contribution in [3.05, 3.63) is 35.4 Å². The number of benzene rings is 1. The summed E-state index contributed by atoms with van der Waals surface area (Å²) >= 11 is 0. The van der Waals surface area contributed by atoms with E-state index in [4.69, 9.17) is 10.5 Å². The van der Waals surface area contributed by atoms with Crippen LogP contribution in [0.4, 0.5) is 18.0 Å². The van der Waals surface area contributed by atoms with Crippen molar-refractivity contribution in [2.24, 2.45) is 28.9 Å². The quantitative estimate of drug-likeness (QED) is 0.237. The van der Waals surface area contributed by atoms with Crippen LogP contribution in [0, 0.1) is 23.2 Å². The van der Waals surface area contributed by atoms with E-state index in [9.17, 15) is 37.1 Å². The van der Waals surface area contributed by atoms with Crippen LogP contribution >= 0.6 is 0 Å². The summed E-state index contributed by atoms with van der Waals surface area (Å²) in [6.07, 6.45) is -5.78. The third-order valence-corrected chi connectivity index (χ3v) is 9.24. The number of halogens is 3. The Hall–Kier alpha value is -3.68. The van der Waals surface area contributed by atoms with E-state index in [0.717, 1.165) is 11.1 Å². The highest BCUT2D eigenvalue weighted by Gasteiger charge is 2.46. The highest BCUT2D eigenvalue weighted by atomic mass is 19.4. The number of nitrogens with one attached hydrogen (secondary N) is 3. The molecule has 5 amide bonds.